The number of nitrogens with zero attached hydrogens (tertiary/aromatic N) is 4. The van der Waals surface area contributed by atoms with Crippen molar-refractivity contribution in [3.63, 3.8) is 0 Å². The first-order valence-corrected chi connectivity index (χ1v) is 7.05. The van der Waals surface area contributed by atoms with Crippen LogP contribution in [0.3, 0.4) is 0 Å². The van der Waals surface area contributed by atoms with Crippen molar-refractivity contribution in [2.24, 2.45) is 10.3 Å². The molecule has 0 aliphatic carbocycles. The van der Waals surface area contributed by atoms with E-state index >= 15 is 0 Å². The first-order chi connectivity index (χ1) is 10.7. The van der Waals surface area contributed by atoms with Gasteiger partial charge in [0.15, 0.2) is 0 Å². The van der Waals surface area contributed by atoms with Crippen LogP contribution in [0, 0.1) is 0 Å². The highest BCUT2D eigenvalue weighted by atomic mass is 35.5. The number of halogens is 2. The standard InChI is InChI=1S/C8H7ClN2O.C6H5ClN2O/c9-8-6(2-1-4-10-8)7-3-5-12-11-7;7-6-5(4-9-10)2-1-3-8-6/h1-2,4H,3,5H2;1-4,10H/b;9-4+. The molecule has 8 heteroatoms. The molecule has 0 radical (unpaired) electrons. The third-order valence-corrected chi connectivity index (χ3v) is 3.28. The Morgan fingerprint density at radius 3 is 2.45 bits per heavy atom. The Morgan fingerprint density at radius 2 is 1.86 bits per heavy atom. The summed E-state index contributed by atoms with van der Waals surface area (Å²) in [4.78, 5) is 12.6. The summed E-state index contributed by atoms with van der Waals surface area (Å²) in [6.07, 6.45) is 5.26. The van der Waals surface area contributed by atoms with Crippen molar-refractivity contribution < 1.29 is 10.0 Å². The van der Waals surface area contributed by atoms with Crippen molar-refractivity contribution in [3.05, 3.63) is 58.1 Å². The summed E-state index contributed by atoms with van der Waals surface area (Å²) < 4.78 is 0. The highest BCUT2D eigenvalue weighted by Crippen LogP contribution is 2.17. The van der Waals surface area contributed by atoms with Gasteiger partial charge < -0.3 is 10.0 Å². The summed E-state index contributed by atoms with van der Waals surface area (Å²) in [5.74, 6) is 0. The van der Waals surface area contributed by atoms with Gasteiger partial charge in [0.2, 0.25) is 0 Å². The fraction of sp³-hybridized carbons (Fsp3) is 0.143. The van der Waals surface area contributed by atoms with Gasteiger partial charge in [0, 0.05) is 29.9 Å². The number of oxime groups is 2. The SMILES string of the molecule is Clc1ncccc1C1=NOCC1.O/N=C/c1cccnc1Cl. The molecule has 0 unspecified atom stereocenters. The zero-order valence-corrected chi connectivity index (χ0v) is 12.9. The Hall–Kier alpha value is -2.18. The Balaban J connectivity index is 0.000000164. The smallest absolute Gasteiger partial charge is 0.138 e. The molecule has 1 aliphatic heterocycles. The molecule has 114 valence electrons. The first kappa shape index (κ1) is 16.2. The highest BCUT2D eigenvalue weighted by molar-refractivity contribution is 6.33. The summed E-state index contributed by atoms with van der Waals surface area (Å²) in [6, 6.07) is 7.14. The largest absolute Gasteiger partial charge is 0.411 e. The minimum atomic E-state index is 0.334. The van der Waals surface area contributed by atoms with Crippen molar-refractivity contribution in [1.29, 1.82) is 0 Å². The van der Waals surface area contributed by atoms with Gasteiger partial charge in [-0.2, -0.15) is 0 Å². The topological polar surface area (TPSA) is 80.0 Å². The molecule has 3 rings (SSSR count). The molecule has 6 nitrogen and oxygen atoms in total. The fourth-order valence-electron chi connectivity index (χ4n) is 1.65. The van der Waals surface area contributed by atoms with Crippen LogP contribution < -0.4 is 0 Å². The molecule has 0 aromatic carbocycles. The van der Waals surface area contributed by atoms with Crippen molar-refractivity contribution in [2.75, 3.05) is 6.61 Å². The van der Waals surface area contributed by atoms with Crippen molar-refractivity contribution in [3.8, 4) is 0 Å². The van der Waals surface area contributed by atoms with Crippen LogP contribution in [0.1, 0.15) is 17.5 Å². The average molecular weight is 339 g/mol. The molecule has 0 fully saturated rings. The van der Waals surface area contributed by atoms with E-state index in [1.807, 2.05) is 12.1 Å². The molecule has 0 bridgehead atoms. The second-order valence-corrected chi connectivity index (χ2v) is 4.81. The first-order valence-electron chi connectivity index (χ1n) is 6.30. The van der Waals surface area contributed by atoms with E-state index < -0.39 is 0 Å². The molecule has 0 saturated carbocycles. The van der Waals surface area contributed by atoms with E-state index in [1.54, 1.807) is 24.5 Å². The molecule has 0 atom stereocenters. The number of rotatable bonds is 2. The van der Waals surface area contributed by atoms with Crippen LogP contribution in [-0.4, -0.2) is 33.7 Å². The average Bonchev–Trinajstić information content (AvgIpc) is 3.05. The van der Waals surface area contributed by atoms with Crippen LogP contribution >= 0.6 is 23.2 Å². The normalized spacial score (nSPS) is 13.3. The third-order valence-electron chi connectivity index (χ3n) is 2.66. The molecular formula is C14H12Cl2N4O2. The van der Waals surface area contributed by atoms with Gasteiger partial charge in [-0.15, -0.1) is 0 Å². The number of pyridine rings is 2. The molecule has 0 saturated heterocycles. The molecule has 0 amide bonds. The fourth-order valence-corrected chi connectivity index (χ4v) is 2.05. The summed E-state index contributed by atoms with van der Waals surface area (Å²) in [6.45, 7) is 0.639. The second kappa shape index (κ2) is 8.31. The quantitative estimate of drug-likeness (QED) is 0.394. The second-order valence-electron chi connectivity index (χ2n) is 4.09. The minimum Gasteiger partial charge on any atom is -0.411 e. The molecule has 3 heterocycles. The number of aromatic nitrogens is 2. The summed E-state index contributed by atoms with van der Waals surface area (Å²) >= 11 is 11.4. The maximum atomic E-state index is 8.13. The van der Waals surface area contributed by atoms with Crippen LogP contribution in [0.15, 0.2) is 47.0 Å². The van der Waals surface area contributed by atoms with E-state index in [1.165, 1.54) is 6.21 Å². The zero-order valence-electron chi connectivity index (χ0n) is 11.4. The minimum absolute atomic E-state index is 0.334. The lowest BCUT2D eigenvalue weighted by molar-refractivity contribution is 0.174. The van der Waals surface area contributed by atoms with E-state index in [0.29, 0.717) is 22.5 Å². The van der Waals surface area contributed by atoms with Crippen LogP contribution in [0.25, 0.3) is 0 Å². The summed E-state index contributed by atoms with van der Waals surface area (Å²) in [5.41, 5.74) is 2.36. The van der Waals surface area contributed by atoms with Crippen LogP contribution in [0.5, 0.6) is 0 Å². The van der Waals surface area contributed by atoms with Crippen molar-refractivity contribution >= 4 is 35.1 Å². The van der Waals surface area contributed by atoms with Gasteiger partial charge >= 0.3 is 0 Å². The van der Waals surface area contributed by atoms with Crippen LogP contribution in [0.4, 0.5) is 0 Å². The Bertz CT molecular complexity index is 692. The van der Waals surface area contributed by atoms with Gasteiger partial charge in [-0.1, -0.05) is 33.5 Å². The summed E-state index contributed by atoms with van der Waals surface area (Å²) in [5, 5.41) is 15.6. The van der Waals surface area contributed by atoms with Gasteiger partial charge in [0.05, 0.1) is 11.9 Å². The Labute approximate surface area is 137 Å². The predicted octanol–water partition coefficient (Wildman–Crippen LogP) is 3.40. The monoisotopic (exact) mass is 338 g/mol. The molecule has 1 N–H and O–H groups in total. The van der Waals surface area contributed by atoms with E-state index in [4.69, 9.17) is 33.2 Å². The Kier molecular flexibility index (Phi) is 6.12. The predicted molar refractivity (Wildman–Crippen MR) is 85.0 cm³/mol. The number of hydrogen-bond acceptors (Lipinski definition) is 6. The molecule has 0 spiro atoms. The molecule has 1 aliphatic rings. The van der Waals surface area contributed by atoms with Crippen molar-refractivity contribution in [2.45, 2.75) is 6.42 Å². The maximum Gasteiger partial charge on any atom is 0.138 e. The molecule has 2 aromatic heterocycles. The summed E-state index contributed by atoms with van der Waals surface area (Å²) in [7, 11) is 0. The van der Waals surface area contributed by atoms with E-state index in [2.05, 4.69) is 20.3 Å². The van der Waals surface area contributed by atoms with Crippen molar-refractivity contribution in [1.82, 2.24) is 9.97 Å². The molecular weight excluding hydrogens is 327 g/mol. The van der Waals surface area contributed by atoms with E-state index in [0.717, 1.165) is 17.7 Å². The lowest BCUT2D eigenvalue weighted by atomic mass is 10.1. The molecule has 22 heavy (non-hydrogen) atoms. The van der Waals surface area contributed by atoms with Crippen LogP contribution in [-0.2, 0) is 4.84 Å². The van der Waals surface area contributed by atoms with Gasteiger partial charge in [-0.25, -0.2) is 9.97 Å². The van der Waals surface area contributed by atoms with Gasteiger partial charge in [0.1, 0.15) is 16.9 Å². The Morgan fingerprint density at radius 1 is 1.14 bits per heavy atom. The lowest BCUT2D eigenvalue weighted by Gasteiger charge is -1.98. The van der Waals surface area contributed by atoms with E-state index in [9.17, 15) is 0 Å². The molecule has 2 aromatic rings. The number of hydrogen-bond donors (Lipinski definition) is 1. The van der Waals surface area contributed by atoms with E-state index in [-0.39, 0.29) is 0 Å². The highest BCUT2D eigenvalue weighted by Gasteiger charge is 2.13. The third kappa shape index (κ3) is 4.41. The van der Waals surface area contributed by atoms with Gasteiger partial charge in [0.25, 0.3) is 0 Å². The maximum absolute atomic E-state index is 8.13. The zero-order chi connectivity index (χ0) is 15.8. The van der Waals surface area contributed by atoms with Crippen LogP contribution in [0.2, 0.25) is 10.3 Å². The van der Waals surface area contributed by atoms with Gasteiger partial charge in [-0.3, -0.25) is 0 Å². The lowest BCUT2D eigenvalue weighted by Crippen LogP contribution is -1.98. The van der Waals surface area contributed by atoms with Gasteiger partial charge in [-0.05, 0) is 24.3 Å².